The van der Waals surface area contributed by atoms with Crippen molar-refractivity contribution in [2.75, 3.05) is 30.8 Å². The molecular weight excluding hydrogens is 310 g/mol. The van der Waals surface area contributed by atoms with Gasteiger partial charge in [0.15, 0.2) is 0 Å². The molecule has 0 saturated heterocycles. The second-order valence-electron chi connectivity index (χ2n) is 6.89. The number of carbonyl (C=O) groups is 1. The molecule has 4 heteroatoms. The van der Waals surface area contributed by atoms with Crippen LogP contribution in [0.25, 0.3) is 6.08 Å². The standard InChI is InChI=1S/C21H23N3O/c1-24-11-9-16-4-5-19(13-18(16)14-24)23-21(25)7-3-15-2-6-20-17(12-15)8-10-22-20/h2-7,12-13,22H,8-11,14H2,1H3,(H,23,25). The molecule has 0 radical (unpaired) electrons. The average Bonchev–Trinajstić information content (AvgIpc) is 3.07. The minimum absolute atomic E-state index is 0.0947. The first kappa shape index (κ1) is 15.9. The molecular formula is C21H23N3O. The summed E-state index contributed by atoms with van der Waals surface area (Å²) < 4.78 is 0. The Bertz CT molecular complexity index is 841. The average molecular weight is 333 g/mol. The zero-order valence-electron chi connectivity index (χ0n) is 14.5. The van der Waals surface area contributed by atoms with Crippen molar-refractivity contribution >= 4 is 23.4 Å². The van der Waals surface area contributed by atoms with Gasteiger partial charge in [-0.1, -0.05) is 12.1 Å². The molecule has 4 rings (SSSR count). The van der Waals surface area contributed by atoms with Gasteiger partial charge in [-0.3, -0.25) is 4.79 Å². The molecule has 0 unspecified atom stereocenters. The third-order valence-electron chi connectivity index (χ3n) is 4.94. The van der Waals surface area contributed by atoms with Crippen molar-refractivity contribution in [3.8, 4) is 0 Å². The molecule has 0 saturated carbocycles. The summed E-state index contributed by atoms with van der Waals surface area (Å²) in [4.78, 5) is 14.5. The zero-order chi connectivity index (χ0) is 17.2. The Kier molecular flexibility index (Phi) is 4.28. The van der Waals surface area contributed by atoms with Crippen LogP contribution in [0, 0.1) is 0 Å². The highest BCUT2D eigenvalue weighted by Crippen LogP contribution is 2.24. The van der Waals surface area contributed by atoms with Crippen LogP contribution in [0.15, 0.2) is 42.5 Å². The molecule has 4 nitrogen and oxygen atoms in total. The van der Waals surface area contributed by atoms with Crippen LogP contribution in [0.1, 0.15) is 22.3 Å². The highest BCUT2D eigenvalue weighted by molar-refractivity contribution is 6.02. The lowest BCUT2D eigenvalue weighted by atomic mass is 9.99. The van der Waals surface area contributed by atoms with Gasteiger partial charge in [-0.25, -0.2) is 0 Å². The van der Waals surface area contributed by atoms with E-state index in [-0.39, 0.29) is 5.91 Å². The minimum atomic E-state index is -0.0947. The maximum atomic E-state index is 12.2. The Labute approximate surface area is 148 Å². The van der Waals surface area contributed by atoms with Crippen molar-refractivity contribution < 1.29 is 4.79 Å². The molecule has 2 N–H and O–H groups in total. The fourth-order valence-electron chi connectivity index (χ4n) is 3.56. The minimum Gasteiger partial charge on any atom is -0.384 e. The van der Waals surface area contributed by atoms with E-state index >= 15 is 0 Å². The van der Waals surface area contributed by atoms with Crippen LogP contribution in [0.5, 0.6) is 0 Å². The number of hydrogen-bond acceptors (Lipinski definition) is 3. The van der Waals surface area contributed by atoms with E-state index in [1.54, 1.807) is 6.08 Å². The largest absolute Gasteiger partial charge is 0.384 e. The van der Waals surface area contributed by atoms with Crippen LogP contribution in [-0.4, -0.2) is 30.9 Å². The molecule has 1 amide bonds. The molecule has 0 aromatic heterocycles. The lowest BCUT2D eigenvalue weighted by Crippen LogP contribution is -2.26. The van der Waals surface area contributed by atoms with Gasteiger partial charge in [-0.15, -0.1) is 0 Å². The van der Waals surface area contributed by atoms with E-state index in [0.29, 0.717) is 0 Å². The summed E-state index contributed by atoms with van der Waals surface area (Å²) in [6.07, 6.45) is 5.61. The van der Waals surface area contributed by atoms with Gasteiger partial charge in [0.1, 0.15) is 0 Å². The smallest absolute Gasteiger partial charge is 0.248 e. The Morgan fingerprint density at radius 3 is 2.96 bits per heavy atom. The molecule has 128 valence electrons. The summed E-state index contributed by atoms with van der Waals surface area (Å²) in [5.74, 6) is -0.0947. The second-order valence-corrected chi connectivity index (χ2v) is 6.89. The van der Waals surface area contributed by atoms with Gasteiger partial charge in [0.25, 0.3) is 0 Å². The highest BCUT2D eigenvalue weighted by Gasteiger charge is 2.13. The number of fused-ring (bicyclic) bond motifs is 2. The molecule has 25 heavy (non-hydrogen) atoms. The zero-order valence-corrected chi connectivity index (χ0v) is 14.5. The summed E-state index contributed by atoms with van der Waals surface area (Å²) >= 11 is 0. The van der Waals surface area contributed by atoms with Crippen LogP contribution in [-0.2, 0) is 24.2 Å². The van der Waals surface area contributed by atoms with E-state index in [1.165, 1.54) is 22.4 Å². The van der Waals surface area contributed by atoms with Gasteiger partial charge in [-0.2, -0.15) is 0 Å². The van der Waals surface area contributed by atoms with Crippen LogP contribution < -0.4 is 10.6 Å². The molecule has 2 aromatic carbocycles. The van der Waals surface area contributed by atoms with Crippen LogP contribution in [0.3, 0.4) is 0 Å². The van der Waals surface area contributed by atoms with Gasteiger partial charge < -0.3 is 15.5 Å². The number of carbonyl (C=O) groups excluding carboxylic acids is 1. The van der Waals surface area contributed by atoms with E-state index in [2.05, 4.69) is 46.8 Å². The lowest BCUT2D eigenvalue weighted by Gasteiger charge is -2.25. The van der Waals surface area contributed by atoms with Crippen molar-refractivity contribution in [2.45, 2.75) is 19.4 Å². The number of nitrogens with zero attached hydrogens (tertiary/aromatic N) is 1. The van der Waals surface area contributed by atoms with E-state index < -0.39 is 0 Å². The predicted octanol–water partition coefficient (Wildman–Crippen LogP) is 3.29. The molecule has 2 aliphatic rings. The fourth-order valence-corrected chi connectivity index (χ4v) is 3.56. The van der Waals surface area contributed by atoms with Crippen molar-refractivity contribution in [3.63, 3.8) is 0 Å². The van der Waals surface area contributed by atoms with Crippen LogP contribution in [0.4, 0.5) is 11.4 Å². The van der Waals surface area contributed by atoms with Crippen LogP contribution >= 0.6 is 0 Å². The van der Waals surface area contributed by atoms with Crippen molar-refractivity contribution in [2.24, 2.45) is 0 Å². The number of amides is 1. The summed E-state index contributed by atoms with van der Waals surface area (Å²) in [6, 6.07) is 12.5. The van der Waals surface area contributed by atoms with Gasteiger partial charge >= 0.3 is 0 Å². The first-order valence-electron chi connectivity index (χ1n) is 8.83. The van der Waals surface area contributed by atoms with E-state index in [9.17, 15) is 4.79 Å². The third-order valence-corrected chi connectivity index (χ3v) is 4.94. The number of benzene rings is 2. The number of nitrogens with one attached hydrogen (secondary N) is 2. The molecule has 2 aromatic rings. The van der Waals surface area contributed by atoms with Crippen molar-refractivity contribution in [3.05, 3.63) is 64.7 Å². The molecule has 0 spiro atoms. The molecule has 0 fully saturated rings. The first-order chi connectivity index (χ1) is 12.2. The normalized spacial score (nSPS) is 16.4. The highest BCUT2D eigenvalue weighted by atomic mass is 16.1. The Morgan fingerprint density at radius 2 is 2.04 bits per heavy atom. The van der Waals surface area contributed by atoms with E-state index in [1.807, 2.05) is 18.2 Å². The molecule has 0 aliphatic carbocycles. The second kappa shape index (κ2) is 6.73. The Morgan fingerprint density at radius 1 is 1.12 bits per heavy atom. The van der Waals surface area contributed by atoms with Gasteiger partial charge in [0, 0.05) is 37.1 Å². The lowest BCUT2D eigenvalue weighted by molar-refractivity contribution is -0.111. The van der Waals surface area contributed by atoms with Crippen molar-refractivity contribution in [1.82, 2.24) is 4.90 Å². The predicted molar refractivity (Wildman–Crippen MR) is 103 cm³/mol. The van der Waals surface area contributed by atoms with Crippen LogP contribution in [0.2, 0.25) is 0 Å². The van der Waals surface area contributed by atoms with Gasteiger partial charge in [-0.05, 0) is 72.5 Å². The number of rotatable bonds is 3. The fraction of sp³-hybridized carbons (Fsp3) is 0.286. The van der Waals surface area contributed by atoms with E-state index in [4.69, 9.17) is 0 Å². The Hall–Kier alpha value is -2.59. The number of likely N-dealkylation sites (N-methyl/N-ethyl adjacent to an activating group) is 1. The van der Waals surface area contributed by atoms with E-state index in [0.717, 1.165) is 43.7 Å². The summed E-state index contributed by atoms with van der Waals surface area (Å²) in [5.41, 5.74) is 7.15. The summed E-state index contributed by atoms with van der Waals surface area (Å²) in [5, 5.41) is 6.32. The third kappa shape index (κ3) is 3.59. The summed E-state index contributed by atoms with van der Waals surface area (Å²) in [7, 11) is 2.13. The maximum Gasteiger partial charge on any atom is 0.248 e. The topological polar surface area (TPSA) is 44.4 Å². The molecule has 0 bridgehead atoms. The molecule has 2 aliphatic heterocycles. The van der Waals surface area contributed by atoms with Gasteiger partial charge in [0.05, 0.1) is 0 Å². The Balaban J connectivity index is 1.43. The monoisotopic (exact) mass is 333 g/mol. The molecule has 2 heterocycles. The number of anilines is 2. The van der Waals surface area contributed by atoms with Gasteiger partial charge in [0.2, 0.25) is 5.91 Å². The first-order valence-corrected chi connectivity index (χ1v) is 8.83. The number of hydrogen-bond donors (Lipinski definition) is 2. The SMILES string of the molecule is CN1CCc2ccc(NC(=O)C=Cc3ccc4c(c3)CCN4)cc2C1. The summed E-state index contributed by atoms with van der Waals surface area (Å²) in [6.45, 7) is 3.03. The van der Waals surface area contributed by atoms with Crippen molar-refractivity contribution in [1.29, 1.82) is 0 Å². The molecule has 0 atom stereocenters. The maximum absolute atomic E-state index is 12.2. The quantitative estimate of drug-likeness (QED) is 0.847.